The number of carbonyl (C=O) groups is 1. The second kappa shape index (κ2) is 10.7. The molecular formula is C21H14F13NO4. The second-order valence-corrected chi connectivity index (χ2v) is 7.34. The molecule has 0 radical (unpaired) electrons. The van der Waals surface area contributed by atoms with Gasteiger partial charge in [0, 0.05) is 16.8 Å². The molecule has 2 rings (SSSR count). The van der Waals surface area contributed by atoms with Crippen LogP contribution in [-0.4, -0.2) is 43.1 Å². The fourth-order valence-electron chi connectivity index (χ4n) is 2.73. The van der Waals surface area contributed by atoms with E-state index in [1.807, 2.05) is 10.1 Å². The van der Waals surface area contributed by atoms with Crippen LogP contribution in [0.2, 0.25) is 0 Å². The van der Waals surface area contributed by atoms with Crippen LogP contribution in [0, 0.1) is 0 Å². The lowest BCUT2D eigenvalue weighted by molar-refractivity contribution is -0.535. The third-order valence-corrected chi connectivity index (χ3v) is 4.49. The van der Waals surface area contributed by atoms with Crippen molar-refractivity contribution in [2.24, 2.45) is 0 Å². The number of anilines is 1. The van der Waals surface area contributed by atoms with Gasteiger partial charge in [0.2, 0.25) is 0 Å². The van der Waals surface area contributed by atoms with Gasteiger partial charge in [0.1, 0.15) is 5.75 Å². The number of carbonyl (C=O) groups excluding carboxylic acids is 1. The molecule has 0 saturated heterocycles. The number of nitrogens with one attached hydrogen (secondary N) is 1. The van der Waals surface area contributed by atoms with Crippen molar-refractivity contribution in [3.63, 3.8) is 0 Å². The molecule has 0 aliphatic rings. The van der Waals surface area contributed by atoms with Crippen LogP contribution in [0.5, 0.6) is 5.75 Å². The summed E-state index contributed by atoms with van der Waals surface area (Å²) >= 11 is 0. The number of rotatable bonds is 11. The number of ether oxygens (including phenoxy) is 3. The Morgan fingerprint density at radius 1 is 0.744 bits per heavy atom. The van der Waals surface area contributed by atoms with Crippen molar-refractivity contribution in [2.75, 3.05) is 11.9 Å². The summed E-state index contributed by atoms with van der Waals surface area (Å²) in [6.45, 7) is 1.83. The first-order valence-corrected chi connectivity index (χ1v) is 10.1. The highest BCUT2D eigenvalue weighted by molar-refractivity contribution is 6.04. The van der Waals surface area contributed by atoms with E-state index in [1.165, 1.54) is 24.3 Å². The maximum absolute atomic E-state index is 14.4. The minimum absolute atomic E-state index is 0.0826. The van der Waals surface area contributed by atoms with Crippen LogP contribution in [0.25, 0.3) is 0 Å². The molecule has 0 aromatic heterocycles. The molecule has 2 aromatic carbocycles. The van der Waals surface area contributed by atoms with Gasteiger partial charge in [0.25, 0.3) is 5.91 Å². The van der Waals surface area contributed by atoms with Crippen LogP contribution in [0.4, 0.5) is 62.8 Å². The van der Waals surface area contributed by atoms with Gasteiger partial charge in [-0.3, -0.25) is 4.79 Å². The van der Waals surface area contributed by atoms with Gasteiger partial charge in [0.05, 0.1) is 6.61 Å². The van der Waals surface area contributed by atoms with Crippen LogP contribution in [0.3, 0.4) is 0 Å². The maximum atomic E-state index is 14.4. The first-order chi connectivity index (χ1) is 17.6. The molecule has 218 valence electrons. The predicted octanol–water partition coefficient (Wildman–Crippen LogP) is 7.40. The molecule has 39 heavy (non-hydrogen) atoms. The van der Waals surface area contributed by atoms with Crippen molar-refractivity contribution in [1.29, 1.82) is 0 Å². The topological polar surface area (TPSA) is 56.8 Å². The number of benzene rings is 2. The SMILES string of the molecule is CCOc1cccc(C(=O)Nc2cccc(C(F)(F)C(F)(F)OC(F)(F)C(F)(F)C(F)(F)OC(F)(F)F)c2)c1. The maximum Gasteiger partial charge on any atom is 0.527 e. The van der Waals surface area contributed by atoms with Gasteiger partial charge in [-0.25, -0.2) is 9.47 Å². The van der Waals surface area contributed by atoms with E-state index < -0.39 is 53.7 Å². The fraction of sp³-hybridized carbons (Fsp3) is 0.381. The molecule has 0 bridgehead atoms. The Morgan fingerprint density at radius 3 is 1.87 bits per heavy atom. The van der Waals surface area contributed by atoms with Gasteiger partial charge in [-0.05, 0) is 37.3 Å². The molecule has 1 amide bonds. The van der Waals surface area contributed by atoms with Gasteiger partial charge < -0.3 is 10.1 Å². The summed E-state index contributed by atoms with van der Waals surface area (Å²) in [6.07, 6.45) is -28.0. The number of hydrogen-bond donors (Lipinski definition) is 1. The summed E-state index contributed by atoms with van der Waals surface area (Å²) in [7, 11) is 0. The molecule has 0 spiro atoms. The molecular weight excluding hydrogens is 577 g/mol. The average molecular weight is 591 g/mol. The van der Waals surface area contributed by atoms with E-state index in [2.05, 4.69) is 0 Å². The van der Waals surface area contributed by atoms with Crippen molar-refractivity contribution in [3.8, 4) is 5.75 Å². The van der Waals surface area contributed by atoms with Crippen LogP contribution in [-0.2, 0) is 15.4 Å². The lowest BCUT2D eigenvalue weighted by atomic mass is 10.1. The first-order valence-electron chi connectivity index (χ1n) is 10.1. The highest BCUT2D eigenvalue weighted by Crippen LogP contribution is 2.54. The average Bonchev–Trinajstić information content (AvgIpc) is 2.77. The van der Waals surface area contributed by atoms with Crippen LogP contribution in [0.1, 0.15) is 22.8 Å². The highest BCUT2D eigenvalue weighted by Gasteiger charge is 2.80. The van der Waals surface area contributed by atoms with E-state index in [0.717, 1.165) is 6.07 Å². The van der Waals surface area contributed by atoms with E-state index in [-0.39, 0.29) is 30.1 Å². The third-order valence-electron chi connectivity index (χ3n) is 4.49. The van der Waals surface area contributed by atoms with Crippen molar-refractivity contribution in [1.82, 2.24) is 0 Å². The Labute approximate surface area is 209 Å². The van der Waals surface area contributed by atoms with Crippen LogP contribution >= 0.6 is 0 Å². The molecule has 0 atom stereocenters. The van der Waals surface area contributed by atoms with E-state index in [4.69, 9.17) is 4.74 Å². The van der Waals surface area contributed by atoms with E-state index in [9.17, 15) is 61.9 Å². The zero-order valence-corrected chi connectivity index (χ0v) is 18.9. The van der Waals surface area contributed by atoms with Gasteiger partial charge >= 0.3 is 36.5 Å². The summed E-state index contributed by atoms with van der Waals surface area (Å²) in [6, 6.07) is 6.93. The molecule has 0 aliphatic heterocycles. The molecule has 0 unspecified atom stereocenters. The number of hydrogen-bond acceptors (Lipinski definition) is 4. The molecule has 2 aromatic rings. The fourth-order valence-corrected chi connectivity index (χ4v) is 2.73. The molecule has 18 heteroatoms. The molecule has 5 nitrogen and oxygen atoms in total. The minimum Gasteiger partial charge on any atom is -0.494 e. The van der Waals surface area contributed by atoms with E-state index >= 15 is 0 Å². The van der Waals surface area contributed by atoms with Crippen molar-refractivity contribution < 1.29 is 76.1 Å². The Morgan fingerprint density at radius 2 is 1.31 bits per heavy atom. The lowest BCUT2D eigenvalue weighted by Gasteiger charge is -2.35. The Balaban J connectivity index is 2.32. The first kappa shape index (κ1) is 31.9. The third kappa shape index (κ3) is 7.03. The number of amides is 1. The van der Waals surface area contributed by atoms with E-state index in [0.29, 0.717) is 6.07 Å². The molecule has 0 saturated carbocycles. The summed E-state index contributed by atoms with van der Waals surface area (Å²) in [5.74, 6) is -14.3. The standard InChI is InChI=1S/C21H14F13NO4/c1-2-37-14-8-3-5-11(9-14)15(36)35-13-7-4-6-12(10-13)16(22,23)18(26,27)38-19(28,29)17(24,25)20(30,31)39-21(32,33)34/h3-10H,2H2,1H3,(H,35,36). The number of halogens is 13. The summed E-state index contributed by atoms with van der Waals surface area (Å²) in [5.41, 5.74) is -2.72. The minimum atomic E-state index is -7.53. The summed E-state index contributed by atoms with van der Waals surface area (Å²) < 4.78 is 181. The quantitative estimate of drug-likeness (QED) is 0.277. The molecule has 0 heterocycles. The van der Waals surface area contributed by atoms with Gasteiger partial charge in [-0.2, -0.15) is 43.9 Å². The predicted molar refractivity (Wildman–Crippen MR) is 104 cm³/mol. The van der Waals surface area contributed by atoms with Crippen LogP contribution in [0.15, 0.2) is 48.5 Å². The van der Waals surface area contributed by atoms with Gasteiger partial charge in [-0.1, -0.05) is 18.2 Å². The summed E-state index contributed by atoms with van der Waals surface area (Å²) in [4.78, 5) is 12.3. The Hall–Kier alpha value is -3.28. The van der Waals surface area contributed by atoms with E-state index in [1.54, 1.807) is 11.7 Å². The smallest absolute Gasteiger partial charge is 0.494 e. The Bertz CT molecular complexity index is 1170. The highest BCUT2D eigenvalue weighted by atomic mass is 19.4. The van der Waals surface area contributed by atoms with Gasteiger partial charge in [-0.15, -0.1) is 13.2 Å². The van der Waals surface area contributed by atoms with Crippen LogP contribution < -0.4 is 10.1 Å². The van der Waals surface area contributed by atoms with Crippen molar-refractivity contribution in [3.05, 3.63) is 59.7 Å². The second-order valence-electron chi connectivity index (χ2n) is 7.34. The van der Waals surface area contributed by atoms with Crippen molar-refractivity contribution in [2.45, 2.75) is 43.5 Å². The monoisotopic (exact) mass is 591 g/mol. The summed E-state index contributed by atoms with van der Waals surface area (Å²) in [5, 5.41) is 2.00. The number of alkyl halides is 13. The molecule has 0 aliphatic carbocycles. The zero-order valence-electron chi connectivity index (χ0n) is 18.9. The van der Waals surface area contributed by atoms with Gasteiger partial charge in [0.15, 0.2) is 0 Å². The lowest BCUT2D eigenvalue weighted by Crippen LogP contribution is -2.61. The Kier molecular flexibility index (Phi) is 8.77. The normalized spacial score (nSPS) is 13.8. The zero-order chi connectivity index (χ0) is 30.1. The largest absolute Gasteiger partial charge is 0.527 e. The molecule has 1 N–H and O–H groups in total. The molecule has 0 fully saturated rings. The van der Waals surface area contributed by atoms with Crippen molar-refractivity contribution >= 4 is 11.6 Å².